The van der Waals surface area contributed by atoms with Crippen LogP contribution in [0.4, 0.5) is 0 Å². The quantitative estimate of drug-likeness (QED) is 0.706. The number of hydrogen-bond acceptors (Lipinski definition) is 6. The van der Waals surface area contributed by atoms with Gasteiger partial charge in [0.2, 0.25) is 0 Å². The molecule has 1 N–H and O–H groups in total. The molecule has 0 aliphatic heterocycles. The fourth-order valence-electron chi connectivity index (χ4n) is 0.937. The van der Waals surface area contributed by atoms with Crippen molar-refractivity contribution < 1.29 is 8.42 Å². The minimum atomic E-state index is -2.82. The second-order valence-corrected chi connectivity index (χ2v) is 5.93. The van der Waals surface area contributed by atoms with Gasteiger partial charge in [0.15, 0.2) is 0 Å². The van der Waals surface area contributed by atoms with Crippen molar-refractivity contribution >= 4 is 21.4 Å². The number of rotatable bonds is 6. The number of nitrogens with one attached hydrogen (secondary N) is 1. The molecule has 0 saturated carbocycles. The monoisotopic (exact) mass is 235 g/mol. The summed E-state index contributed by atoms with van der Waals surface area (Å²) in [5, 5.41) is 8.82. The van der Waals surface area contributed by atoms with Crippen molar-refractivity contribution in [3.63, 3.8) is 0 Å². The first kappa shape index (κ1) is 11.5. The van der Waals surface area contributed by atoms with E-state index in [9.17, 15) is 8.42 Å². The Balaban J connectivity index is 2.06. The third-order valence-corrected chi connectivity index (χ3v) is 3.16. The molecule has 0 fully saturated rings. The maximum Gasteiger partial charge on any atom is 0.147 e. The van der Waals surface area contributed by atoms with Gasteiger partial charge in [0.05, 0.1) is 11.4 Å². The van der Waals surface area contributed by atoms with Crippen LogP contribution in [0.25, 0.3) is 0 Å². The van der Waals surface area contributed by atoms with Gasteiger partial charge in [-0.2, -0.15) is 0 Å². The fraction of sp³-hybridized carbons (Fsp3) is 0.714. The van der Waals surface area contributed by atoms with E-state index in [1.54, 1.807) is 0 Å². The van der Waals surface area contributed by atoms with E-state index in [4.69, 9.17) is 0 Å². The van der Waals surface area contributed by atoms with Crippen LogP contribution in [0.2, 0.25) is 0 Å². The molecule has 1 aromatic rings. The Morgan fingerprint density at radius 1 is 1.57 bits per heavy atom. The topological polar surface area (TPSA) is 72.0 Å². The third-order valence-electron chi connectivity index (χ3n) is 1.58. The standard InChI is InChI=1S/C7H13N3O2S2/c1-14(11,12)4-2-3-8-5-7-6-13-10-9-7/h6,8H,2-5H2,1H3. The summed E-state index contributed by atoms with van der Waals surface area (Å²) >= 11 is 1.31. The van der Waals surface area contributed by atoms with Crippen LogP contribution in [-0.4, -0.2) is 36.6 Å². The highest BCUT2D eigenvalue weighted by molar-refractivity contribution is 7.90. The molecule has 0 spiro atoms. The molecule has 1 rings (SSSR count). The molecule has 7 heteroatoms. The Hall–Kier alpha value is -0.530. The molecule has 80 valence electrons. The van der Waals surface area contributed by atoms with Crippen molar-refractivity contribution in [2.45, 2.75) is 13.0 Å². The number of hydrogen-bond donors (Lipinski definition) is 1. The summed E-state index contributed by atoms with van der Waals surface area (Å²) in [6, 6.07) is 0. The summed E-state index contributed by atoms with van der Waals surface area (Å²) < 4.78 is 25.3. The molecule has 0 aliphatic carbocycles. The molecule has 0 saturated heterocycles. The van der Waals surface area contributed by atoms with Crippen molar-refractivity contribution in [3.05, 3.63) is 11.1 Å². The number of sulfone groups is 1. The predicted octanol–water partition coefficient (Wildman–Crippen LogP) is 0.0624. The lowest BCUT2D eigenvalue weighted by molar-refractivity contribution is 0.593. The first-order chi connectivity index (χ1) is 6.58. The lowest BCUT2D eigenvalue weighted by Crippen LogP contribution is -2.18. The molecule has 0 aliphatic rings. The largest absolute Gasteiger partial charge is 0.311 e. The van der Waals surface area contributed by atoms with Gasteiger partial charge in [0, 0.05) is 18.2 Å². The zero-order chi connectivity index (χ0) is 10.4. The molecular weight excluding hydrogens is 222 g/mol. The second-order valence-electron chi connectivity index (χ2n) is 3.06. The van der Waals surface area contributed by atoms with Gasteiger partial charge in [-0.3, -0.25) is 0 Å². The van der Waals surface area contributed by atoms with Gasteiger partial charge in [0.1, 0.15) is 9.84 Å². The predicted molar refractivity (Wildman–Crippen MR) is 55.9 cm³/mol. The van der Waals surface area contributed by atoms with Gasteiger partial charge < -0.3 is 5.32 Å². The Bertz CT molecular complexity index is 347. The van der Waals surface area contributed by atoms with Crippen LogP contribution in [-0.2, 0) is 16.4 Å². The Morgan fingerprint density at radius 2 is 2.36 bits per heavy atom. The summed E-state index contributed by atoms with van der Waals surface area (Å²) in [6.45, 7) is 1.34. The molecule has 5 nitrogen and oxygen atoms in total. The van der Waals surface area contributed by atoms with Crippen LogP contribution in [0.15, 0.2) is 5.38 Å². The van der Waals surface area contributed by atoms with Crippen molar-refractivity contribution in [2.75, 3.05) is 18.6 Å². The number of aromatic nitrogens is 2. The Labute approximate surface area is 87.6 Å². The second kappa shape index (κ2) is 5.38. The minimum Gasteiger partial charge on any atom is -0.311 e. The van der Waals surface area contributed by atoms with Crippen LogP contribution in [0, 0.1) is 0 Å². The highest BCUT2D eigenvalue weighted by atomic mass is 32.2. The Morgan fingerprint density at radius 3 is 2.93 bits per heavy atom. The zero-order valence-corrected chi connectivity index (χ0v) is 9.57. The highest BCUT2D eigenvalue weighted by Crippen LogP contribution is 1.95. The van der Waals surface area contributed by atoms with Crippen LogP contribution >= 0.6 is 11.5 Å². The highest BCUT2D eigenvalue weighted by Gasteiger charge is 2.01. The maximum absolute atomic E-state index is 10.8. The maximum atomic E-state index is 10.8. The molecule has 0 unspecified atom stereocenters. The summed E-state index contributed by atoms with van der Waals surface area (Å²) in [5.74, 6) is 0.231. The van der Waals surface area contributed by atoms with Gasteiger partial charge in [0.25, 0.3) is 0 Å². The van der Waals surface area contributed by atoms with E-state index in [-0.39, 0.29) is 5.75 Å². The van der Waals surface area contributed by atoms with Gasteiger partial charge in [-0.1, -0.05) is 4.49 Å². The van der Waals surface area contributed by atoms with Crippen molar-refractivity contribution in [3.8, 4) is 0 Å². The minimum absolute atomic E-state index is 0.231. The lowest BCUT2D eigenvalue weighted by atomic mass is 10.4. The van der Waals surface area contributed by atoms with E-state index >= 15 is 0 Å². The molecule has 0 amide bonds. The number of nitrogens with zero attached hydrogens (tertiary/aromatic N) is 2. The summed E-state index contributed by atoms with van der Waals surface area (Å²) in [7, 11) is -2.82. The summed E-state index contributed by atoms with van der Waals surface area (Å²) in [4.78, 5) is 0. The molecule has 1 heterocycles. The normalized spacial score (nSPS) is 11.8. The Kier molecular flexibility index (Phi) is 4.43. The molecule has 0 bridgehead atoms. The fourth-order valence-corrected chi connectivity index (χ4v) is 2.06. The van der Waals surface area contributed by atoms with Gasteiger partial charge >= 0.3 is 0 Å². The smallest absolute Gasteiger partial charge is 0.147 e. The van der Waals surface area contributed by atoms with Gasteiger partial charge in [-0.15, -0.1) is 5.10 Å². The van der Waals surface area contributed by atoms with E-state index in [1.165, 1.54) is 17.8 Å². The average Bonchev–Trinajstić information content (AvgIpc) is 2.54. The average molecular weight is 235 g/mol. The van der Waals surface area contributed by atoms with E-state index in [1.807, 2.05) is 5.38 Å². The van der Waals surface area contributed by atoms with Crippen LogP contribution in [0.1, 0.15) is 12.1 Å². The van der Waals surface area contributed by atoms with Gasteiger partial charge in [-0.05, 0) is 24.5 Å². The van der Waals surface area contributed by atoms with Crippen molar-refractivity contribution in [1.29, 1.82) is 0 Å². The van der Waals surface area contributed by atoms with Crippen LogP contribution < -0.4 is 5.32 Å². The molecule has 0 atom stereocenters. The van der Waals surface area contributed by atoms with Crippen molar-refractivity contribution in [2.24, 2.45) is 0 Å². The van der Waals surface area contributed by atoms with Crippen LogP contribution in [0.5, 0.6) is 0 Å². The summed E-state index contributed by atoms with van der Waals surface area (Å²) in [5.41, 5.74) is 0.898. The van der Waals surface area contributed by atoms with E-state index in [0.717, 1.165) is 5.69 Å². The molecule has 1 aromatic heterocycles. The van der Waals surface area contributed by atoms with E-state index in [0.29, 0.717) is 19.5 Å². The van der Waals surface area contributed by atoms with Crippen LogP contribution in [0.3, 0.4) is 0 Å². The van der Waals surface area contributed by atoms with E-state index < -0.39 is 9.84 Å². The van der Waals surface area contributed by atoms with E-state index in [2.05, 4.69) is 14.9 Å². The first-order valence-electron chi connectivity index (χ1n) is 4.22. The zero-order valence-electron chi connectivity index (χ0n) is 7.93. The van der Waals surface area contributed by atoms with Crippen molar-refractivity contribution in [1.82, 2.24) is 14.9 Å². The SMILES string of the molecule is CS(=O)(=O)CCCNCc1csnn1. The first-order valence-corrected chi connectivity index (χ1v) is 7.12. The summed E-state index contributed by atoms with van der Waals surface area (Å²) in [6.07, 6.45) is 1.88. The third kappa shape index (κ3) is 5.25. The molecular formula is C7H13N3O2S2. The van der Waals surface area contributed by atoms with Gasteiger partial charge in [-0.25, -0.2) is 8.42 Å². The molecule has 0 aromatic carbocycles. The molecule has 14 heavy (non-hydrogen) atoms. The molecule has 0 radical (unpaired) electrons. The lowest BCUT2D eigenvalue weighted by Gasteiger charge is -2.00.